The van der Waals surface area contributed by atoms with Crippen molar-refractivity contribution in [3.05, 3.63) is 127 Å². The molecule has 0 radical (unpaired) electrons. The zero-order valence-electron chi connectivity index (χ0n) is 21.3. The highest BCUT2D eigenvalue weighted by atomic mass is 32.1. The Labute approximate surface area is 233 Å². The zero-order chi connectivity index (χ0) is 26.2. The molecule has 4 nitrogen and oxygen atoms in total. The predicted octanol–water partition coefficient (Wildman–Crippen LogP) is 9.75. The number of hydrogen-bond acceptors (Lipinski definition) is 3. The van der Waals surface area contributed by atoms with Crippen LogP contribution in [0.5, 0.6) is 0 Å². The molecule has 0 amide bonds. The van der Waals surface area contributed by atoms with E-state index < -0.39 is 0 Å². The summed E-state index contributed by atoms with van der Waals surface area (Å²) < 4.78 is 12.3. The SMILES string of the molecule is c1ccc(-n2c3ccccc3c3cc4c(cc32)c2ccccc2n4-c2ccc(-c3nc4ccccc4s3)o2)cc1. The number of thiazole rings is 1. The minimum Gasteiger partial charge on any atom is -0.437 e. The van der Waals surface area contributed by atoms with Gasteiger partial charge in [0.05, 0.1) is 32.3 Å². The molecule has 0 aliphatic carbocycles. The molecule has 0 N–H and O–H groups in total. The van der Waals surface area contributed by atoms with Gasteiger partial charge in [-0.25, -0.2) is 4.98 Å². The lowest BCUT2D eigenvalue weighted by Gasteiger charge is -2.08. The van der Waals surface area contributed by atoms with Crippen LogP contribution in [0, 0.1) is 0 Å². The minimum atomic E-state index is 0.781. The Balaban J connectivity index is 1.34. The van der Waals surface area contributed by atoms with Gasteiger partial charge in [0.2, 0.25) is 5.88 Å². The van der Waals surface area contributed by atoms with Crippen LogP contribution in [0.4, 0.5) is 0 Å². The number of fused-ring (bicyclic) bond motifs is 7. The molecule has 40 heavy (non-hydrogen) atoms. The summed E-state index contributed by atoms with van der Waals surface area (Å²) in [5.41, 5.74) is 6.78. The summed E-state index contributed by atoms with van der Waals surface area (Å²) >= 11 is 1.66. The standard InChI is InChI=1S/C35H21N3OS/c1-2-10-22(11-3-1)37-28-15-7-4-12-23(28)25-21-31-26(20-30(25)37)24-13-5-8-16-29(24)38(31)34-19-18-32(39-34)35-36-27-14-6-9-17-33(27)40-35/h1-21H. The fourth-order valence-electron chi connectivity index (χ4n) is 6.06. The van der Waals surface area contributed by atoms with Crippen molar-refractivity contribution in [3.8, 4) is 22.3 Å². The van der Waals surface area contributed by atoms with E-state index in [-0.39, 0.29) is 0 Å². The van der Waals surface area contributed by atoms with E-state index in [1.54, 1.807) is 11.3 Å². The Kier molecular flexibility index (Phi) is 4.45. The number of para-hydroxylation sites is 4. The van der Waals surface area contributed by atoms with Crippen LogP contribution < -0.4 is 0 Å². The van der Waals surface area contributed by atoms with Crippen LogP contribution in [0.15, 0.2) is 132 Å². The molecule has 5 aromatic carbocycles. The topological polar surface area (TPSA) is 35.9 Å². The Morgan fingerprint density at radius 2 is 1.15 bits per heavy atom. The number of benzene rings is 5. The zero-order valence-corrected chi connectivity index (χ0v) is 22.1. The van der Waals surface area contributed by atoms with Gasteiger partial charge in [-0.2, -0.15) is 0 Å². The lowest BCUT2D eigenvalue weighted by Crippen LogP contribution is -1.93. The summed E-state index contributed by atoms with van der Waals surface area (Å²) in [7, 11) is 0. The molecule has 0 saturated carbocycles. The Hall–Kier alpha value is -5.13. The third-order valence-electron chi connectivity index (χ3n) is 7.80. The first-order valence-corrected chi connectivity index (χ1v) is 14.1. The van der Waals surface area contributed by atoms with Crippen LogP contribution in [0.1, 0.15) is 0 Å². The molecule has 0 spiro atoms. The van der Waals surface area contributed by atoms with Crippen molar-refractivity contribution in [1.29, 1.82) is 0 Å². The van der Waals surface area contributed by atoms with Gasteiger partial charge in [0, 0.05) is 33.3 Å². The van der Waals surface area contributed by atoms with Gasteiger partial charge in [0.25, 0.3) is 0 Å². The first-order valence-electron chi connectivity index (χ1n) is 13.3. The van der Waals surface area contributed by atoms with E-state index in [0.717, 1.165) is 43.6 Å². The highest BCUT2D eigenvalue weighted by Gasteiger charge is 2.20. The van der Waals surface area contributed by atoms with Crippen molar-refractivity contribution >= 4 is 65.2 Å². The number of hydrogen-bond donors (Lipinski definition) is 0. The number of nitrogens with zero attached hydrogens (tertiary/aromatic N) is 3. The maximum absolute atomic E-state index is 6.54. The molecule has 0 aliphatic heterocycles. The predicted molar refractivity (Wildman–Crippen MR) is 166 cm³/mol. The lowest BCUT2D eigenvalue weighted by atomic mass is 10.1. The third kappa shape index (κ3) is 3.04. The van der Waals surface area contributed by atoms with E-state index in [0.29, 0.717) is 0 Å². The second-order valence-corrected chi connectivity index (χ2v) is 11.1. The molecule has 4 heterocycles. The van der Waals surface area contributed by atoms with Gasteiger partial charge in [-0.3, -0.25) is 4.57 Å². The van der Waals surface area contributed by atoms with Crippen molar-refractivity contribution in [3.63, 3.8) is 0 Å². The normalized spacial score (nSPS) is 12.0. The molecule has 4 aromatic heterocycles. The van der Waals surface area contributed by atoms with E-state index in [1.165, 1.54) is 32.6 Å². The Morgan fingerprint density at radius 3 is 1.90 bits per heavy atom. The van der Waals surface area contributed by atoms with Gasteiger partial charge in [-0.1, -0.05) is 66.7 Å². The molecule has 0 unspecified atom stereocenters. The van der Waals surface area contributed by atoms with Crippen LogP contribution in [-0.4, -0.2) is 14.1 Å². The molecule has 0 atom stereocenters. The van der Waals surface area contributed by atoms with Crippen molar-refractivity contribution in [2.24, 2.45) is 0 Å². The maximum atomic E-state index is 6.54. The molecule has 188 valence electrons. The first-order chi connectivity index (χ1) is 19.8. The fraction of sp³-hybridized carbons (Fsp3) is 0. The van der Waals surface area contributed by atoms with Crippen LogP contribution in [0.3, 0.4) is 0 Å². The monoisotopic (exact) mass is 531 g/mol. The van der Waals surface area contributed by atoms with E-state index in [4.69, 9.17) is 9.40 Å². The molecule has 0 saturated heterocycles. The Morgan fingerprint density at radius 1 is 0.525 bits per heavy atom. The number of aromatic nitrogens is 3. The van der Waals surface area contributed by atoms with Gasteiger partial charge < -0.3 is 8.98 Å². The fourth-order valence-corrected chi connectivity index (χ4v) is 6.99. The van der Waals surface area contributed by atoms with Crippen molar-refractivity contribution in [1.82, 2.24) is 14.1 Å². The molecular weight excluding hydrogens is 510 g/mol. The minimum absolute atomic E-state index is 0.781. The molecule has 0 aliphatic rings. The first kappa shape index (κ1) is 21.8. The number of rotatable bonds is 3. The van der Waals surface area contributed by atoms with Crippen LogP contribution in [0.25, 0.3) is 76.2 Å². The second-order valence-electron chi connectivity index (χ2n) is 10.1. The third-order valence-corrected chi connectivity index (χ3v) is 8.85. The molecule has 9 aromatic rings. The molecular formula is C35H21N3OS. The van der Waals surface area contributed by atoms with Crippen LogP contribution >= 0.6 is 11.3 Å². The average molecular weight is 532 g/mol. The summed E-state index contributed by atoms with van der Waals surface area (Å²) in [4.78, 5) is 4.82. The van der Waals surface area contributed by atoms with Crippen molar-refractivity contribution in [2.45, 2.75) is 0 Å². The average Bonchev–Trinajstić information content (AvgIpc) is 3.78. The quantitative estimate of drug-likeness (QED) is 0.227. The summed E-state index contributed by atoms with van der Waals surface area (Å²) in [5.74, 6) is 1.57. The Bertz CT molecular complexity index is 2350. The van der Waals surface area contributed by atoms with Crippen molar-refractivity contribution in [2.75, 3.05) is 0 Å². The lowest BCUT2D eigenvalue weighted by molar-refractivity contribution is 0.560. The van der Waals surface area contributed by atoms with Gasteiger partial charge >= 0.3 is 0 Å². The smallest absolute Gasteiger partial charge is 0.205 e. The summed E-state index contributed by atoms with van der Waals surface area (Å²) in [6, 6.07) is 44.8. The van der Waals surface area contributed by atoms with E-state index in [1.807, 2.05) is 24.3 Å². The van der Waals surface area contributed by atoms with Gasteiger partial charge in [0.15, 0.2) is 10.8 Å². The van der Waals surface area contributed by atoms with Crippen molar-refractivity contribution < 1.29 is 4.42 Å². The number of furan rings is 1. The highest BCUT2D eigenvalue weighted by Crippen LogP contribution is 2.40. The van der Waals surface area contributed by atoms with Crippen LogP contribution in [0.2, 0.25) is 0 Å². The largest absolute Gasteiger partial charge is 0.437 e. The second kappa shape index (κ2) is 8.18. The molecule has 5 heteroatoms. The van der Waals surface area contributed by atoms with E-state index in [2.05, 4.69) is 112 Å². The van der Waals surface area contributed by atoms with E-state index in [9.17, 15) is 0 Å². The summed E-state index contributed by atoms with van der Waals surface area (Å²) in [5, 5.41) is 5.73. The molecule has 0 fully saturated rings. The van der Waals surface area contributed by atoms with Crippen LogP contribution in [-0.2, 0) is 0 Å². The van der Waals surface area contributed by atoms with E-state index >= 15 is 0 Å². The van der Waals surface area contributed by atoms with Gasteiger partial charge in [-0.05, 0) is 54.6 Å². The molecule has 0 bridgehead atoms. The summed E-state index contributed by atoms with van der Waals surface area (Å²) in [6.07, 6.45) is 0. The van der Waals surface area contributed by atoms with Gasteiger partial charge in [-0.15, -0.1) is 11.3 Å². The highest BCUT2D eigenvalue weighted by molar-refractivity contribution is 7.21. The summed E-state index contributed by atoms with van der Waals surface area (Å²) in [6.45, 7) is 0. The van der Waals surface area contributed by atoms with Gasteiger partial charge in [0.1, 0.15) is 0 Å². The maximum Gasteiger partial charge on any atom is 0.205 e. The molecule has 9 rings (SSSR count).